The van der Waals surface area contributed by atoms with Crippen LogP contribution < -0.4 is 11.4 Å². The predicted molar refractivity (Wildman–Crippen MR) is 84.2 cm³/mol. The molecule has 1 aromatic heterocycles. The second kappa shape index (κ2) is 7.73. The predicted octanol–water partition coefficient (Wildman–Crippen LogP) is 0.670. The number of aromatic nitrogens is 2. The minimum Gasteiger partial charge on any atom is -0.383 e. The van der Waals surface area contributed by atoms with Crippen molar-refractivity contribution in [2.75, 3.05) is 20.0 Å². The summed E-state index contributed by atoms with van der Waals surface area (Å²) in [5, 5.41) is 0. The monoisotopic (exact) mass is 363 g/mol. The highest BCUT2D eigenvalue weighted by atomic mass is 31.2. The smallest absolute Gasteiger partial charge is 0.383 e. The number of nitrogens with two attached hydrogens (primary N) is 1. The Hall–Kier alpha value is -1.29. The van der Waals surface area contributed by atoms with Crippen LogP contribution in [0.4, 0.5) is 5.82 Å². The molecule has 0 aliphatic carbocycles. The van der Waals surface area contributed by atoms with Gasteiger partial charge in [-0.05, 0) is 12.5 Å². The fourth-order valence-electron chi connectivity index (χ4n) is 2.64. The Morgan fingerprint density at radius 3 is 2.71 bits per heavy atom. The van der Waals surface area contributed by atoms with E-state index in [1.165, 1.54) is 23.9 Å². The van der Waals surface area contributed by atoms with E-state index < -0.39 is 38.1 Å². The Morgan fingerprint density at radius 1 is 1.46 bits per heavy atom. The number of methoxy groups -OCH3 is 1. The number of hydrogen-bond donors (Lipinski definition) is 2. The summed E-state index contributed by atoms with van der Waals surface area (Å²) >= 11 is 0. The summed E-state index contributed by atoms with van der Waals surface area (Å²) in [6, 6.07) is 1.45. The van der Waals surface area contributed by atoms with Crippen molar-refractivity contribution < 1.29 is 28.0 Å². The van der Waals surface area contributed by atoms with E-state index in [9.17, 15) is 14.3 Å². The molecular formula is C13H22N3O7P. The van der Waals surface area contributed by atoms with Crippen LogP contribution in [0.1, 0.15) is 26.0 Å². The lowest BCUT2D eigenvalue weighted by atomic mass is 10.1. The zero-order valence-electron chi connectivity index (χ0n) is 13.7. The van der Waals surface area contributed by atoms with Gasteiger partial charge in [0.25, 0.3) is 0 Å². The van der Waals surface area contributed by atoms with Crippen LogP contribution in [-0.2, 0) is 23.1 Å². The van der Waals surface area contributed by atoms with Gasteiger partial charge in [-0.2, -0.15) is 4.98 Å². The Kier molecular flexibility index (Phi) is 6.13. The fraction of sp³-hybridized carbons (Fsp3) is 0.692. The molecule has 24 heavy (non-hydrogen) atoms. The van der Waals surface area contributed by atoms with Gasteiger partial charge in [0.1, 0.15) is 18.0 Å². The maximum Gasteiger partial charge on any atom is 0.472 e. The van der Waals surface area contributed by atoms with E-state index in [2.05, 4.69) is 9.51 Å². The minimum atomic E-state index is -4.25. The van der Waals surface area contributed by atoms with E-state index in [-0.39, 0.29) is 5.82 Å². The lowest BCUT2D eigenvalue weighted by Crippen LogP contribution is -2.38. The van der Waals surface area contributed by atoms with Gasteiger partial charge in [0.05, 0.1) is 6.10 Å². The number of nitrogen functional groups attached to an aromatic ring is 1. The molecule has 1 aliphatic heterocycles. The summed E-state index contributed by atoms with van der Waals surface area (Å²) in [4.78, 5) is 25.4. The number of ether oxygens (including phenoxy) is 2. The van der Waals surface area contributed by atoms with Crippen molar-refractivity contribution in [2.45, 2.75) is 44.3 Å². The van der Waals surface area contributed by atoms with E-state index in [0.717, 1.165) is 13.5 Å². The van der Waals surface area contributed by atoms with Gasteiger partial charge in [-0.15, -0.1) is 0 Å². The van der Waals surface area contributed by atoms with Crippen LogP contribution in [0.15, 0.2) is 17.1 Å². The van der Waals surface area contributed by atoms with Crippen molar-refractivity contribution in [3.05, 3.63) is 22.7 Å². The highest BCUT2D eigenvalue weighted by Crippen LogP contribution is 2.48. The molecule has 1 aromatic rings. The number of rotatable bonds is 7. The minimum absolute atomic E-state index is 0.0837. The topological polar surface area (TPSA) is 135 Å². The van der Waals surface area contributed by atoms with Crippen molar-refractivity contribution in [2.24, 2.45) is 0 Å². The van der Waals surface area contributed by atoms with Crippen molar-refractivity contribution in [1.29, 1.82) is 0 Å². The van der Waals surface area contributed by atoms with Gasteiger partial charge in [-0.25, -0.2) is 9.36 Å². The number of phosphoric acid groups is 1. The van der Waals surface area contributed by atoms with Crippen molar-refractivity contribution in [3.63, 3.8) is 0 Å². The van der Waals surface area contributed by atoms with E-state index in [4.69, 9.17) is 19.7 Å². The van der Waals surface area contributed by atoms with E-state index in [0.29, 0.717) is 6.42 Å². The Labute approximate surface area is 139 Å². The lowest BCUT2D eigenvalue weighted by Gasteiger charge is -2.24. The summed E-state index contributed by atoms with van der Waals surface area (Å²) in [6.45, 7) is 1.93. The molecule has 1 saturated heterocycles. The van der Waals surface area contributed by atoms with Crippen molar-refractivity contribution >= 4 is 13.6 Å². The third-order valence-corrected chi connectivity index (χ3v) is 4.71. The second-order valence-corrected chi connectivity index (χ2v) is 6.83. The van der Waals surface area contributed by atoms with Gasteiger partial charge in [0.15, 0.2) is 6.23 Å². The molecule has 2 rings (SSSR count). The largest absolute Gasteiger partial charge is 0.472 e. The van der Waals surface area contributed by atoms with Crippen LogP contribution in [-0.4, -0.2) is 47.0 Å². The number of anilines is 1. The SMILES string of the molecule is CCC[C@H]1O[C@@H](n2ccc(N)nc2=O)[C@@H](OC)C1OP(=O)(O)OC. The van der Waals surface area contributed by atoms with Crippen LogP contribution in [0.3, 0.4) is 0 Å². The molecule has 10 nitrogen and oxygen atoms in total. The van der Waals surface area contributed by atoms with Gasteiger partial charge in [0, 0.05) is 20.4 Å². The molecule has 5 atom stereocenters. The van der Waals surface area contributed by atoms with E-state index in [1.807, 2.05) is 6.92 Å². The quantitative estimate of drug-likeness (QED) is 0.670. The van der Waals surface area contributed by atoms with Gasteiger partial charge in [-0.1, -0.05) is 13.3 Å². The molecule has 1 fully saturated rings. The normalized spacial score (nSPS) is 29.5. The molecule has 3 N–H and O–H groups in total. The second-order valence-electron chi connectivity index (χ2n) is 5.32. The Morgan fingerprint density at radius 2 is 2.17 bits per heavy atom. The first-order chi connectivity index (χ1) is 11.3. The summed E-state index contributed by atoms with van der Waals surface area (Å²) in [6.07, 6.45) is -0.395. The summed E-state index contributed by atoms with van der Waals surface area (Å²) in [7, 11) is -1.79. The average molecular weight is 363 g/mol. The van der Waals surface area contributed by atoms with Crippen LogP contribution in [0.5, 0.6) is 0 Å². The van der Waals surface area contributed by atoms with Gasteiger partial charge < -0.3 is 20.1 Å². The molecule has 136 valence electrons. The molecule has 2 unspecified atom stereocenters. The zero-order chi connectivity index (χ0) is 17.9. The van der Waals surface area contributed by atoms with Crippen LogP contribution >= 0.6 is 7.82 Å². The molecule has 2 heterocycles. The highest BCUT2D eigenvalue weighted by molar-refractivity contribution is 7.47. The van der Waals surface area contributed by atoms with Crippen molar-refractivity contribution in [3.8, 4) is 0 Å². The fourth-order valence-corrected chi connectivity index (χ4v) is 3.29. The zero-order valence-corrected chi connectivity index (χ0v) is 14.6. The summed E-state index contributed by atoms with van der Waals surface area (Å²) in [5.74, 6) is 0.0837. The molecule has 0 bridgehead atoms. The lowest BCUT2D eigenvalue weighted by molar-refractivity contribution is -0.0548. The van der Waals surface area contributed by atoms with Crippen molar-refractivity contribution in [1.82, 2.24) is 9.55 Å². The maximum atomic E-state index is 12.1. The molecule has 11 heteroatoms. The molecule has 0 spiro atoms. The van der Waals surface area contributed by atoms with E-state index in [1.54, 1.807) is 0 Å². The first-order valence-electron chi connectivity index (χ1n) is 7.42. The molecule has 0 aromatic carbocycles. The number of hydrogen-bond acceptors (Lipinski definition) is 8. The van der Waals surface area contributed by atoms with Gasteiger partial charge in [-0.3, -0.25) is 13.6 Å². The number of phosphoric ester groups is 1. The highest BCUT2D eigenvalue weighted by Gasteiger charge is 2.49. The summed E-state index contributed by atoms with van der Waals surface area (Å²) in [5.41, 5.74) is 4.88. The van der Waals surface area contributed by atoms with E-state index >= 15 is 0 Å². The Balaban J connectivity index is 2.36. The third-order valence-electron chi connectivity index (χ3n) is 3.74. The standard InChI is InChI=1S/C13H22N3O7P/c1-4-5-8-10(23-24(18,19)21-3)11(20-2)12(22-8)16-7-6-9(14)15-13(16)17/h6-8,10-12H,4-5H2,1-3H3,(H,18,19)(H2,14,15,17)/t8-,10?,11+,12-/m1/s1. The molecule has 1 aliphatic rings. The average Bonchev–Trinajstić information content (AvgIpc) is 2.84. The first kappa shape index (κ1) is 19.0. The molecule has 0 saturated carbocycles. The molecule has 0 radical (unpaired) electrons. The molecule has 0 amide bonds. The van der Waals surface area contributed by atoms with Crippen LogP contribution in [0, 0.1) is 0 Å². The maximum absolute atomic E-state index is 12.1. The van der Waals surface area contributed by atoms with Gasteiger partial charge >= 0.3 is 13.5 Å². The van der Waals surface area contributed by atoms with Crippen LogP contribution in [0.2, 0.25) is 0 Å². The third kappa shape index (κ3) is 4.02. The summed E-state index contributed by atoms with van der Waals surface area (Å²) < 4.78 is 34.0. The first-order valence-corrected chi connectivity index (χ1v) is 8.92. The van der Waals surface area contributed by atoms with Crippen LogP contribution in [0.25, 0.3) is 0 Å². The van der Waals surface area contributed by atoms with Gasteiger partial charge in [0.2, 0.25) is 0 Å². The number of nitrogens with zero attached hydrogens (tertiary/aromatic N) is 2. The Bertz CT molecular complexity index is 667. The molecular weight excluding hydrogens is 341 g/mol.